The first kappa shape index (κ1) is 35.0. The zero-order valence-electron chi connectivity index (χ0n) is 33.6. The Labute approximate surface area is 360 Å². The smallest absolute Gasteiger partial charge is 0.238 e. The molecule has 0 saturated carbocycles. The van der Waals surface area contributed by atoms with E-state index in [0.717, 1.165) is 99.4 Å². The number of furan rings is 1. The molecule has 294 valence electrons. The lowest BCUT2D eigenvalue weighted by Gasteiger charge is -2.12. The van der Waals surface area contributed by atoms with Crippen LogP contribution in [0.25, 0.3) is 122 Å². The highest BCUT2D eigenvalue weighted by atomic mass is 16.3. The topological polar surface area (TPSA) is 87.5 Å². The molecular formula is C55H33N7O. The maximum absolute atomic E-state index is 6.07. The largest absolute Gasteiger partial charge is 0.454 e. The van der Waals surface area contributed by atoms with Gasteiger partial charge in [0.1, 0.15) is 11.1 Å². The molecule has 7 aromatic carbocycles. The molecule has 0 N–H and O–H groups in total. The van der Waals surface area contributed by atoms with E-state index in [4.69, 9.17) is 24.4 Å². The van der Waals surface area contributed by atoms with E-state index in [1.807, 2.05) is 91.3 Å². The van der Waals surface area contributed by atoms with Gasteiger partial charge in [-0.25, -0.2) is 4.98 Å². The molecule has 0 fully saturated rings. The molecule has 0 aliphatic rings. The summed E-state index contributed by atoms with van der Waals surface area (Å²) in [6, 6.07) is 63.1. The molecule has 8 nitrogen and oxygen atoms in total. The summed E-state index contributed by atoms with van der Waals surface area (Å²) in [5.41, 5.74) is 13.8. The molecule has 0 aliphatic carbocycles. The normalized spacial score (nSPS) is 11.8. The summed E-state index contributed by atoms with van der Waals surface area (Å²) in [4.78, 5) is 24.7. The Balaban J connectivity index is 0.961. The molecule has 8 heteroatoms. The van der Waals surface area contributed by atoms with Gasteiger partial charge in [-0.1, -0.05) is 121 Å². The molecular weight excluding hydrogens is 775 g/mol. The van der Waals surface area contributed by atoms with Crippen LogP contribution in [0.3, 0.4) is 0 Å². The molecule has 13 rings (SSSR count). The van der Waals surface area contributed by atoms with E-state index in [1.165, 1.54) is 5.39 Å². The zero-order valence-corrected chi connectivity index (χ0v) is 33.6. The maximum atomic E-state index is 6.07. The van der Waals surface area contributed by atoms with E-state index in [0.29, 0.717) is 17.6 Å². The van der Waals surface area contributed by atoms with Gasteiger partial charge in [0, 0.05) is 56.0 Å². The fourth-order valence-electron chi connectivity index (χ4n) is 9.18. The number of fused-ring (bicyclic) bond motifs is 9. The number of nitrogens with zero attached hydrogens (tertiary/aromatic N) is 7. The number of rotatable bonds is 6. The van der Waals surface area contributed by atoms with E-state index >= 15 is 0 Å². The fraction of sp³-hybridized carbons (Fsp3) is 0. The lowest BCUT2D eigenvalue weighted by atomic mass is 10.0. The van der Waals surface area contributed by atoms with E-state index in [9.17, 15) is 0 Å². The van der Waals surface area contributed by atoms with Gasteiger partial charge in [-0.3, -0.25) is 14.5 Å². The minimum Gasteiger partial charge on any atom is -0.454 e. The third-order valence-electron chi connectivity index (χ3n) is 12.1. The standard InChI is InChI=1S/C55H33N7O/c1-3-12-34(13-4-1)53-58-54(35-14-5-2-6-15-35)60-55(59-53)62-47-19-10-7-16-41(47)43-24-21-38(31-49(43)62)36-22-25-48-44(29-36)42-17-8-9-18-46(42)61(48)40-28-39(32-56-33-40)37-23-26-50-45(30-37)52-51(63-50)20-11-27-57-52/h1-33H. The van der Waals surface area contributed by atoms with Gasteiger partial charge in [0.25, 0.3) is 0 Å². The van der Waals surface area contributed by atoms with Crippen molar-refractivity contribution in [1.29, 1.82) is 0 Å². The Bertz CT molecular complexity index is 3870. The highest BCUT2D eigenvalue weighted by Crippen LogP contribution is 2.39. The van der Waals surface area contributed by atoms with Crippen LogP contribution < -0.4 is 0 Å². The van der Waals surface area contributed by atoms with E-state index in [2.05, 4.69) is 117 Å². The van der Waals surface area contributed by atoms with Crippen LogP contribution >= 0.6 is 0 Å². The van der Waals surface area contributed by atoms with Crippen molar-refractivity contribution in [2.75, 3.05) is 0 Å². The quantitative estimate of drug-likeness (QED) is 0.166. The van der Waals surface area contributed by atoms with Gasteiger partial charge in [-0.15, -0.1) is 0 Å². The summed E-state index contributed by atoms with van der Waals surface area (Å²) in [5.74, 6) is 1.80. The van der Waals surface area contributed by atoms with Crippen LogP contribution in [0, 0.1) is 0 Å². The fourth-order valence-corrected chi connectivity index (χ4v) is 9.18. The molecule has 6 heterocycles. The van der Waals surface area contributed by atoms with Gasteiger partial charge in [0.2, 0.25) is 5.95 Å². The number of para-hydroxylation sites is 2. The summed E-state index contributed by atoms with van der Waals surface area (Å²) in [6.07, 6.45) is 5.67. The predicted octanol–water partition coefficient (Wildman–Crippen LogP) is 13.4. The lowest BCUT2D eigenvalue weighted by molar-refractivity contribution is 0.668. The van der Waals surface area contributed by atoms with Crippen LogP contribution in [0.2, 0.25) is 0 Å². The van der Waals surface area contributed by atoms with Crippen LogP contribution in [0.5, 0.6) is 0 Å². The van der Waals surface area contributed by atoms with Crippen LogP contribution in [0.1, 0.15) is 0 Å². The van der Waals surface area contributed by atoms with Crippen molar-refractivity contribution >= 4 is 65.7 Å². The first-order valence-electron chi connectivity index (χ1n) is 20.9. The molecule has 0 spiro atoms. The highest BCUT2D eigenvalue weighted by Gasteiger charge is 2.20. The second-order valence-electron chi connectivity index (χ2n) is 15.8. The number of hydrogen-bond donors (Lipinski definition) is 0. The van der Waals surface area contributed by atoms with E-state index in [-0.39, 0.29) is 0 Å². The van der Waals surface area contributed by atoms with E-state index in [1.54, 1.807) is 6.20 Å². The first-order valence-corrected chi connectivity index (χ1v) is 20.9. The summed E-state index contributed by atoms with van der Waals surface area (Å²) < 4.78 is 10.6. The Morgan fingerprint density at radius 3 is 1.75 bits per heavy atom. The van der Waals surface area contributed by atoms with Gasteiger partial charge in [-0.05, 0) is 77.4 Å². The van der Waals surface area contributed by atoms with Gasteiger partial charge in [0.05, 0.1) is 34.0 Å². The van der Waals surface area contributed by atoms with Crippen molar-refractivity contribution in [1.82, 2.24) is 34.1 Å². The summed E-state index contributed by atoms with van der Waals surface area (Å²) in [6.45, 7) is 0. The zero-order chi connectivity index (χ0) is 41.4. The first-order chi connectivity index (χ1) is 31.2. The van der Waals surface area contributed by atoms with Gasteiger partial charge >= 0.3 is 0 Å². The second kappa shape index (κ2) is 13.9. The number of benzene rings is 7. The minimum absolute atomic E-state index is 0.565. The van der Waals surface area contributed by atoms with Crippen molar-refractivity contribution < 1.29 is 4.42 Å². The van der Waals surface area contributed by atoms with E-state index < -0.39 is 0 Å². The molecule has 0 aliphatic heterocycles. The van der Waals surface area contributed by atoms with Crippen molar-refractivity contribution in [3.05, 3.63) is 201 Å². The highest BCUT2D eigenvalue weighted by molar-refractivity contribution is 6.12. The average molecular weight is 808 g/mol. The summed E-state index contributed by atoms with van der Waals surface area (Å²) >= 11 is 0. The van der Waals surface area contributed by atoms with Crippen molar-refractivity contribution in [2.45, 2.75) is 0 Å². The molecule has 0 unspecified atom stereocenters. The molecule has 0 radical (unpaired) electrons. The molecule has 0 amide bonds. The minimum atomic E-state index is 0.565. The van der Waals surface area contributed by atoms with Gasteiger partial charge < -0.3 is 8.98 Å². The second-order valence-corrected chi connectivity index (χ2v) is 15.8. The van der Waals surface area contributed by atoms with Gasteiger partial charge in [0.15, 0.2) is 17.2 Å². The summed E-state index contributed by atoms with van der Waals surface area (Å²) in [7, 11) is 0. The maximum Gasteiger partial charge on any atom is 0.238 e. The summed E-state index contributed by atoms with van der Waals surface area (Å²) in [5, 5.41) is 5.56. The molecule has 63 heavy (non-hydrogen) atoms. The molecule has 0 saturated heterocycles. The molecule has 13 aromatic rings. The third kappa shape index (κ3) is 5.66. The monoisotopic (exact) mass is 807 g/mol. The SMILES string of the molecule is c1ccc(-c2nc(-c3ccccc3)nc(-n3c4ccccc4c4ccc(-c5ccc6c(c5)c5ccccc5n6-c5cncc(-c6ccc7oc8cccnc8c7c6)c5)cc43)n2)cc1. The Hall–Kier alpha value is -8.75. The Morgan fingerprint density at radius 2 is 0.968 bits per heavy atom. The van der Waals surface area contributed by atoms with Crippen molar-refractivity contribution in [3.8, 4) is 56.7 Å². The number of pyridine rings is 2. The van der Waals surface area contributed by atoms with Crippen LogP contribution in [0.15, 0.2) is 205 Å². The Morgan fingerprint density at radius 1 is 0.365 bits per heavy atom. The van der Waals surface area contributed by atoms with Crippen LogP contribution in [-0.4, -0.2) is 34.1 Å². The number of hydrogen-bond acceptors (Lipinski definition) is 6. The molecule has 0 bridgehead atoms. The molecule has 0 atom stereocenters. The van der Waals surface area contributed by atoms with Crippen molar-refractivity contribution in [2.24, 2.45) is 0 Å². The van der Waals surface area contributed by atoms with Crippen molar-refractivity contribution in [3.63, 3.8) is 0 Å². The average Bonchev–Trinajstić information content (AvgIpc) is 4.01. The van der Waals surface area contributed by atoms with Gasteiger partial charge in [-0.2, -0.15) is 9.97 Å². The van der Waals surface area contributed by atoms with Crippen LogP contribution in [-0.2, 0) is 0 Å². The van der Waals surface area contributed by atoms with Crippen LogP contribution in [0.4, 0.5) is 0 Å². The predicted molar refractivity (Wildman–Crippen MR) is 253 cm³/mol. The Kier molecular flexibility index (Phi) is 7.74. The number of aromatic nitrogens is 7. The third-order valence-corrected chi connectivity index (χ3v) is 12.1. The molecule has 6 aromatic heterocycles. The lowest BCUT2D eigenvalue weighted by Crippen LogP contribution is -2.06.